The van der Waals surface area contributed by atoms with E-state index >= 15 is 0 Å². The molecule has 1 N–H and O–H groups in total. The second kappa shape index (κ2) is 5.89. The van der Waals surface area contributed by atoms with Crippen LogP contribution in [0.25, 0.3) is 0 Å². The first-order valence-electron chi connectivity index (χ1n) is 5.70. The molecule has 0 spiro atoms. The first-order valence-corrected chi connectivity index (χ1v) is 7.16. The topological polar surface area (TPSA) is 24.9 Å². The lowest BCUT2D eigenvalue weighted by Crippen LogP contribution is -2.07. The fraction of sp³-hybridized carbons (Fsp3) is 0.214. The van der Waals surface area contributed by atoms with Crippen molar-refractivity contribution in [1.29, 1.82) is 0 Å². The lowest BCUT2D eigenvalue weighted by molar-refractivity contribution is 0.882. The van der Waals surface area contributed by atoms with Crippen LogP contribution in [0.15, 0.2) is 36.5 Å². The molecule has 0 fully saturated rings. The minimum atomic E-state index is 0.240. The van der Waals surface area contributed by atoms with Crippen LogP contribution in [-0.2, 0) is 0 Å². The van der Waals surface area contributed by atoms with E-state index in [2.05, 4.69) is 64.1 Å². The van der Waals surface area contributed by atoms with Gasteiger partial charge in [0.2, 0.25) is 0 Å². The number of hydrogen-bond donors (Lipinski definition) is 1. The summed E-state index contributed by atoms with van der Waals surface area (Å²) in [4.78, 5) is 4.14. The zero-order valence-electron chi connectivity index (χ0n) is 10.2. The Morgan fingerprint density at radius 1 is 1.28 bits per heavy atom. The van der Waals surface area contributed by atoms with Crippen molar-refractivity contribution in [3.63, 3.8) is 0 Å². The quantitative estimate of drug-likeness (QED) is 0.617. The van der Waals surface area contributed by atoms with Gasteiger partial charge in [0.15, 0.2) is 0 Å². The molecular weight excluding hydrogens is 359 g/mol. The van der Waals surface area contributed by atoms with E-state index < -0.39 is 0 Å². The Labute approximate surface area is 126 Å². The Bertz CT molecular complexity index is 540. The maximum absolute atomic E-state index is 5.91. The average Bonchev–Trinajstić information content (AvgIpc) is 2.34. The molecule has 2 nitrogen and oxygen atoms in total. The summed E-state index contributed by atoms with van der Waals surface area (Å²) in [5.41, 5.74) is 3.22. The largest absolute Gasteiger partial charge is 0.377 e. The number of halogens is 2. The maximum atomic E-state index is 5.91. The van der Waals surface area contributed by atoms with E-state index in [9.17, 15) is 0 Å². The smallest absolute Gasteiger partial charge is 0.132 e. The van der Waals surface area contributed by atoms with E-state index in [0.717, 1.165) is 11.3 Å². The predicted molar refractivity (Wildman–Crippen MR) is 85.2 cm³/mol. The predicted octanol–water partition coefficient (Wildman–Crippen LogP) is 4.82. The van der Waals surface area contributed by atoms with Gasteiger partial charge in [0.05, 0.1) is 11.9 Å². The van der Waals surface area contributed by atoms with Crippen molar-refractivity contribution >= 4 is 39.9 Å². The molecule has 0 radical (unpaired) electrons. The van der Waals surface area contributed by atoms with Gasteiger partial charge >= 0.3 is 0 Å². The van der Waals surface area contributed by atoms with Gasteiger partial charge in [-0.05, 0) is 65.8 Å². The van der Waals surface area contributed by atoms with Crippen LogP contribution >= 0.6 is 34.2 Å². The number of rotatable bonds is 3. The van der Waals surface area contributed by atoms with Gasteiger partial charge in [-0.2, -0.15) is 0 Å². The number of anilines is 1. The summed E-state index contributed by atoms with van der Waals surface area (Å²) in [6.07, 6.45) is 1.76. The normalized spacial score (nSPS) is 12.2. The summed E-state index contributed by atoms with van der Waals surface area (Å²) in [7, 11) is 0. The summed E-state index contributed by atoms with van der Waals surface area (Å²) in [6, 6.07) is 10.7. The van der Waals surface area contributed by atoms with Crippen molar-refractivity contribution in [2.24, 2.45) is 0 Å². The molecule has 18 heavy (non-hydrogen) atoms. The molecule has 1 heterocycles. The number of nitrogens with zero attached hydrogens (tertiary/aromatic N) is 1. The van der Waals surface area contributed by atoms with Crippen LogP contribution in [0.2, 0.25) is 5.15 Å². The molecule has 2 rings (SSSR count). The van der Waals surface area contributed by atoms with Crippen LogP contribution in [0.5, 0.6) is 0 Å². The summed E-state index contributed by atoms with van der Waals surface area (Å²) >= 11 is 8.22. The maximum Gasteiger partial charge on any atom is 0.132 e. The Kier molecular flexibility index (Phi) is 4.45. The Balaban J connectivity index is 2.13. The number of aromatic nitrogens is 1. The first-order chi connectivity index (χ1) is 8.56. The lowest BCUT2D eigenvalue weighted by atomic mass is 10.1. The Hall–Kier alpha value is -0.810. The third-order valence-corrected chi connectivity index (χ3v) is 3.88. The zero-order chi connectivity index (χ0) is 13.1. The second-order valence-corrected chi connectivity index (χ2v) is 5.85. The monoisotopic (exact) mass is 372 g/mol. The Morgan fingerprint density at radius 3 is 2.56 bits per heavy atom. The highest BCUT2D eigenvalue weighted by atomic mass is 127. The minimum absolute atomic E-state index is 0.240. The summed E-state index contributed by atoms with van der Waals surface area (Å²) in [5.74, 6) is 0. The molecule has 0 aliphatic carbocycles. The van der Waals surface area contributed by atoms with Crippen molar-refractivity contribution in [2.75, 3.05) is 5.32 Å². The van der Waals surface area contributed by atoms with E-state index in [-0.39, 0.29) is 6.04 Å². The molecule has 1 aromatic heterocycles. The van der Waals surface area contributed by atoms with Crippen molar-refractivity contribution < 1.29 is 0 Å². The minimum Gasteiger partial charge on any atom is -0.377 e. The molecule has 0 amide bonds. The van der Waals surface area contributed by atoms with Gasteiger partial charge in [0, 0.05) is 9.61 Å². The fourth-order valence-corrected chi connectivity index (χ4v) is 2.18. The van der Waals surface area contributed by atoms with Crippen molar-refractivity contribution in [2.45, 2.75) is 19.9 Å². The second-order valence-electron chi connectivity index (χ2n) is 4.25. The molecule has 94 valence electrons. The van der Waals surface area contributed by atoms with E-state index in [0.29, 0.717) is 5.15 Å². The van der Waals surface area contributed by atoms with Gasteiger partial charge in [-0.15, -0.1) is 0 Å². The molecule has 0 aliphatic rings. The fourth-order valence-electron chi connectivity index (χ4n) is 1.72. The highest BCUT2D eigenvalue weighted by Crippen LogP contribution is 2.22. The highest BCUT2D eigenvalue weighted by molar-refractivity contribution is 14.1. The van der Waals surface area contributed by atoms with E-state index in [1.54, 1.807) is 6.20 Å². The number of nitrogens with one attached hydrogen (secondary N) is 1. The molecule has 1 aromatic carbocycles. The van der Waals surface area contributed by atoms with Crippen LogP contribution in [0, 0.1) is 10.5 Å². The first kappa shape index (κ1) is 13.6. The van der Waals surface area contributed by atoms with Crippen molar-refractivity contribution in [1.82, 2.24) is 4.98 Å². The van der Waals surface area contributed by atoms with Gasteiger partial charge < -0.3 is 5.32 Å². The number of benzene rings is 1. The summed E-state index contributed by atoms with van der Waals surface area (Å²) in [6.45, 7) is 4.09. The van der Waals surface area contributed by atoms with E-state index in [1.165, 1.54) is 9.13 Å². The third-order valence-electron chi connectivity index (χ3n) is 2.77. The molecule has 0 saturated carbocycles. The van der Waals surface area contributed by atoms with Crippen LogP contribution in [0.3, 0.4) is 0 Å². The number of aryl methyl sites for hydroxylation is 1. The molecule has 1 atom stereocenters. The average molecular weight is 373 g/mol. The molecular formula is C14H14ClIN2. The molecule has 0 aliphatic heterocycles. The third kappa shape index (κ3) is 3.36. The van der Waals surface area contributed by atoms with Gasteiger partial charge in [-0.1, -0.05) is 23.7 Å². The van der Waals surface area contributed by atoms with Gasteiger partial charge in [-0.3, -0.25) is 0 Å². The SMILES string of the molecule is Cc1cc(NC(C)c2ccc(I)cc2)cnc1Cl. The summed E-state index contributed by atoms with van der Waals surface area (Å²) < 4.78 is 1.24. The van der Waals surface area contributed by atoms with Crippen LogP contribution < -0.4 is 5.32 Å². The van der Waals surface area contributed by atoms with Gasteiger partial charge in [0.1, 0.15) is 5.15 Å². The van der Waals surface area contributed by atoms with Crippen LogP contribution in [0.4, 0.5) is 5.69 Å². The van der Waals surface area contributed by atoms with Crippen LogP contribution in [-0.4, -0.2) is 4.98 Å². The molecule has 0 saturated heterocycles. The molecule has 1 unspecified atom stereocenters. The van der Waals surface area contributed by atoms with Crippen molar-refractivity contribution in [3.8, 4) is 0 Å². The number of pyridine rings is 1. The molecule has 0 bridgehead atoms. The molecule has 2 aromatic rings. The lowest BCUT2D eigenvalue weighted by Gasteiger charge is -2.16. The van der Waals surface area contributed by atoms with Gasteiger partial charge in [-0.25, -0.2) is 4.98 Å². The summed E-state index contributed by atoms with van der Waals surface area (Å²) in [5, 5.41) is 3.98. The molecule has 4 heteroatoms. The standard InChI is InChI=1S/C14H14ClIN2/c1-9-7-13(8-17-14(9)15)18-10(2)11-3-5-12(16)6-4-11/h3-8,10,18H,1-2H3. The number of hydrogen-bond acceptors (Lipinski definition) is 2. The van der Waals surface area contributed by atoms with Gasteiger partial charge in [0.25, 0.3) is 0 Å². The van der Waals surface area contributed by atoms with Crippen LogP contribution in [0.1, 0.15) is 24.1 Å². The van der Waals surface area contributed by atoms with E-state index in [1.807, 2.05) is 13.0 Å². The zero-order valence-corrected chi connectivity index (χ0v) is 13.2. The van der Waals surface area contributed by atoms with E-state index in [4.69, 9.17) is 11.6 Å². The Morgan fingerprint density at radius 2 is 1.94 bits per heavy atom. The van der Waals surface area contributed by atoms with Crippen molar-refractivity contribution in [3.05, 3.63) is 56.4 Å². The highest BCUT2D eigenvalue weighted by Gasteiger charge is 2.06.